The zero-order chi connectivity index (χ0) is 47.6. The first-order valence-electron chi connectivity index (χ1n) is 27.4. The number of rotatable bonds is 51. The lowest BCUT2D eigenvalue weighted by Gasteiger charge is -2.24. The normalized spacial score (nSPS) is 13.9. The summed E-state index contributed by atoms with van der Waals surface area (Å²) in [5, 5.41) is 0. The van der Waals surface area contributed by atoms with Crippen LogP contribution in [0.15, 0.2) is 48.6 Å². The fourth-order valence-corrected chi connectivity index (χ4v) is 8.36. The van der Waals surface area contributed by atoms with Gasteiger partial charge in [0.15, 0.2) is 0 Å². The number of hydrogen-bond acceptors (Lipinski definition) is 6. The highest BCUT2D eigenvalue weighted by Crippen LogP contribution is 2.43. The Bertz CT molecular complexity index is 1180. The predicted molar refractivity (Wildman–Crippen MR) is 279 cm³/mol. The molecule has 0 aromatic carbocycles. The summed E-state index contributed by atoms with van der Waals surface area (Å²) >= 11 is 0. The van der Waals surface area contributed by atoms with Gasteiger partial charge in [0.1, 0.15) is 19.3 Å². The molecular weight excluding hydrogens is 830 g/mol. The Balaban J connectivity index is 4.12. The third-order valence-electron chi connectivity index (χ3n) is 11.9. The van der Waals surface area contributed by atoms with E-state index in [4.69, 9.17) is 18.5 Å². The topological polar surface area (TPSA) is 91.3 Å². The molecule has 0 aliphatic heterocycles. The van der Waals surface area contributed by atoms with Crippen molar-refractivity contribution in [1.82, 2.24) is 0 Å². The Labute approximate surface area is 403 Å². The van der Waals surface area contributed by atoms with Gasteiger partial charge < -0.3 is 18.9 Å². The van der Waals surface area contributed by atoms with Crippen LogP contribution in [-0.4, -0.2) is 75.6 Å². The van der Waals surface area contributed by atoms with Crippen molar-refractivity contribution in [2.45, 2.75) is 251 Å². The summed E-state index contributed by atoms with van der Waals surface area (Å²) < 4.78 is 35.2. The molecule has 0 saturated carbocycles. The van der Waals surface area contributed by atoms with Crippen LogP contribution in [0.1, 0.15) is 245 Å². The average Bonchev–Trinajstić information content (AvgIpc) is 3.27. The third-order valence-corrected chi connectivity index (χ3v) is 12.8. The molecule has 2 unspecified atom stereocenters. The molecule has 0 radical (unpaired) electrons. The van der Waals surface area contributed by atoms with Crippen LogP contribution in [0.3, 0.4) is 0 Å². The fourth-order valence-electron chi connectivity index (χ4n) is 7.61. The minimum atomic E-state index is -4.29. The molecule has 9 heteroatoms. The molecular formula is C56H107NO7P+. The Kier molecular flexibility index (Phi) is 47.7. The second kappa shape index (κ2) is 48.9. The third kappa shape index (κ3) is 53.3. The Morgan fingerprint density at radius 3 is 1.28 bits per heavy atom. The van der Waals surface area contributed by atoms with E-state index in [-0.39, 0.29) is 25.8 Å². The van der Waals surface area contributed by atoms with Crippen molar-refractivity contribution >= 4 is 13.8 Å². The van der Waals surface area contributed by atoms with E-state index in [1.165, 1.54) is 180 Å². The molecule has 0 aliphatic rings. The van der Waals surface area contributed by atoms with E-state index < -0.39 is 13.9 Å². The molecule has 0 rings (SSSR count). The van der Waals surface area contributed by atoms with Crippen molar-refractivity contribution in [3.63, 3.8) is 0 Å². The number of phosphoric acid groups is 1. The van der Waals surface area contributed by atoms with Gasteiger partial charge in [-0.2, -0.15) is 0 Å². The first kappa shape index (κ1) is 63.5. The molecule has 0 saturated heterocycles. The number of carbonyl (C=O) groups excluding carboxylic acids is 1. The van der Waals surface area contributed by atoms with E-state index in [1.54, 1.807) is 0 Å². The van der Waals surface area contributed by atoms with Crippen LogP contribution in [0.25, 0.3) is 0 Å². The Morgan fingerprint density at radius 1 is 0.477 bits per heavy atom. The predicted octanol–water partition coefficient (Wildman–Crippen LogP) is 17.1. The second-order valence-corrected chi connectivity index (χ2v) is 21.1. The number of hydrogen-bond donors (Lipinski definition) is 1. The van der Waals surface area contributed by atoms with Gasteiger partial charge in [-0.3, -0.25) is 13.8 Å². The fraction of sp³-hybridized carbons (Fsp3) is 0.839. The molecule has 382 valence electrons. The lowest BCUT2D eigenvalue weighted by atomic mass is 10.1. The lowest BCUT2D eigenvalue weighted by Crippen LogP contribution is -2.37. The van der Waals surface area contributed by atoms with Crippen molar-refractivity contribution in [1.29, 1.82) is 0 Å². The maximum Gasteiger partial charge on any atom is 0.472 e. The molecule has 0 fully saturated rings. The monoisotopic (exact) mass is 937 g/mol. The highest BCUT2D eigenvalue weighted by atomic mass is 31.2. The number of quaternary nitrogens is 1. The van der Waals surface area contributed by atoms with E-state index in [1.807, 2.05) is 21.1 Å². The van der Waals surface area contributed by atoms with Crippen LogP contribution in [0, 0.1) is 0 Å². The minimum Gasteiger partial charge on any atom is -0.457 e. The molecule has 0 aromatic rings. The standard InChI is InChI=1S/C56H106NO7P/c1-6-8-10-12-14-16-18-20-22-24-26-27-28-29-30-32-34-36-38-40-42-44-46-48-51-61-53-55(54-63-65(59,60)62-52-50-57(3,4)5)64-56(58)49-47-45-43-41-39-37-35-33-31-25-23-21-19-17-15-13-11-9-7-2/h18,20-21,23-24,26,28-29,55H,6-17,19,22,25,27,30-54H2,1-5H3/p+1/b20-18-,23-21-,26-24-,29-28-. The molecule has 0 aromatic heterocycles. The zero-order valence-electron chi connectivity index (χ0n) is 43.5. The number of allylic oxidation sites excluding steroid dienone is 8. The van der Waals surface area contributed by atoms with Crippen LogP contribution in [0.2, 0.25) is 0 Å². The van der Waals surface area contributed by atoms with Gasteiger partial charge in [0.2, 0.25) is 0 Å². The molecule has 0 amide bonds. The summed E-state index contributed by atoms with van der Waals surface area (Å²) in [7, 11) is 1.67. The van der Waals surface area contributed by atoms with E-state index in [0.717, 1.165) is 44.9 Å². The van der Waals surface area contributed by atoms with Gasteiger partial charge in [0.25, 0.3) is 0 Å². The van der Waals surface area contributed by atoms with Gasteiger partial charge >= 0.3 is 13.8 Å². The first-order chi connectivity index (χ1) is 31.6. The number of unbranched alkanes of at least 4 members (excludes halogenated alkanes) is 29. The van der Waals surface area contributed by atoms with E-state index in [0.29, 0.717) is 24.1 Å². The van der Waals surface area contributed by atoms with E-state index in [9.17, 15) is 14.3 Å². The van der Waals surface area contributed by atoms with Gasteiger partial charge in [-0.05, 0) is 77.0 Å². The van der Waals surface area contributed by atoms with Crippen LogP contribution >= 0.6 is 7.82 Å². The lowest BCUT2D eigenvalue weighted by molar-refractivity contribution is -0.870. The highest BCUT2D eigenvalue weighted by Gasteiger charge is 2.26. The number of carbonyl (C=O) groups is 1. The van der Waals surface area contributed by atoms with Crippen molar-refractivity contribution in [3.05, 3.63) is 48.6 Å². The van der Waals surface area contributed by atoms with Crippen molar-refractivity contribution in [2.24, 2.45) is 0 Å². The molecule has 0 heterocycles. The summed E-state index contributed by atoms with van der Waals surface area (Å²) in [5.74, 6) is -0.316. The molecule has 0 spiro atoms. The molecule has 2 atom stereocenters. The maximum atomic E-state index is 12.8. The Hall–Kier alpha value is -1.54. The van der Waals surface area contributed by atoms with Crippen LogP contribution in [0.5, 0.6) is 0 Å². The van der Waals surface area contributed by atoms with Crippen molar-refractivity contribution < 1.29 is 37.3 Å². The maximum absolute atomic E-state index is 12.8. The number of phosphoric ester groups is 1. The van der Waals surface area contributed by atoms with Gasteiger partial charge in [-0.15, -0.1) is 0 Å². The Morgan fingerprint density at radius 2 is 0.846 bits per heavy atom. The quantitative estimate of drug-likeness (QED) is 0.0214. The number of esters is 1. The first-order valence-corrected chi connectivity index (χ1v) is 28.9. The van der Waals surface area contributed by atoms with Gasteiger partial charge in [0, 0.05) is 13.0 Å². The van der Waals surface area contributed by atoms with Gasteiger partial charge in [-0.25, -0.2) is 4.57 Å². The summed E-state index contributed by atoms with van der Waals surface area (Å²) in [6.45, 7) is 5.62. The number of likely N-dealkylation sites (N-methyl/N-ethyl adjacent to an activating group) is 1. The summed E-state index contributed by atoms with van der Waals surface area (Å²) in [6, 6.07) is 0. The number of nitrogens with zero attached hydrogens (tertiary/aromatic N) is 1. The molecule has 0 aliphatic carbocycles. The van der Waals surface area contributed by atoms with Crippen LogP contribution in [-0.2, 0) is 27.9 Å². The average molecular weight is 937 g/mol. The minimum absolute atomic E-state index is 0.0864. The van der Waals surface area contributed by atoms with Gasteiger partial charge in [-0.1, -0.05) is 210 Å². The summed E-state index contributed by atoms with van der Waals surface area (Å²) in [6.07, 6.45) is 61.6. The SMILES string of the molecule is CCCCCCC/C=C\C/C=C\C/C=C\CCCCCCCCCCCOCC(COP(=O)(O)OCC[N+](C)(C)C)OC(=O)CCCCCCCCCCC/C=C\CCCCCCCC. The summed E-state index contributed by atoms with van der Waals surface area (Å²) in [5.41, 5.74) is 0. The number of ether oxygens (including phenoxy) is 2. The van der Waals surface area contributed by atoms with E-state index >= 15 is 0 Å². The van der Waals surface area contributed by atoms with Gasteiger partial charge in [0.05, 0.1) is 34.4 Å². The summed E-state index contributed by atoms with van der Waals surface area (Å²) in [4.78, 5) is 23.0. The zero-order valence-corrected chi connectivity index (χ0v) is 44.4. The van der Waals surface area contributed by atoms with E-state index in [2.05, 4.69) is 62.5 Å². The molecule has 1 N–H and O–H groups in total. The highest BCUT2D eigenvalue weighted by molar-refractivity contribution is 7.47. The second-order valence-electron chi connectivity index (χ2n) is 19.6. The molecule has 0 bridgehead atoms. The largest absolute Gasteiger partial charge is 0.472 e. The van der Waals surface area contributed by atoms with Crippen molar-refractivity contribution in [3.8, 4) is 0 Å². The van der Waals surface area contributed by atoms with Crippen LogP contribution in [0.4, 0.5) is 0 Å². The molecule has 65 heavy (non-hydrogen) atoms. The smallest absolute Gasteiger partial charge is 0.457 e. The van der Waals surface area contributed by atoms with Crippen LogP contribution < -0.4 is 0 Å². The van der Waals surface area contributed by atoms with Crippen molar-refractivity contribution in [2.75, 3.05) is 54.1 Å². The molecule has 8 nitrogen and oxygen atoms in total.